The number of fused-ring (bicyclic) bond motifs is 3. The van der Waals surface area contributed by atoms with Crippen LogP contribution in [0.15, 0.2) is 59.8 Å². The number of hydrogen-bond donors (Lipinski definition) is 3. The zero-order valence-corrected chi connectivity index (χ0v) is 40.4. The fourth-order valence-electron chi connectivity index (χ4n) is 9.77. The fourth-order valence-corrected chi connectivity index (χ4v) is 9.77. The standard InChI is InChI=1S/C51H77NO13/c1-30-16-12-11-13-17-31(2)42(61-8)28-38-21-19-36(7)51(60,65-38)48(57)49(58)52-23-15-14-18-39(52)50(59)64-43(33(4)26-37-20-22-40(53)44(27-37)62-9)29-41(54)32(3)25-35(6)46(56)47(63-10)45(55)34(5)24-30/h11-13,16-17,19,21,25,30,32-34,36-40,42-44,46-47,53,56,60H,14-15,18,20,22-24,26-29H2,1-10H3/b13-11+,16-12+,31-17+,35-25+/t30-,32-,33-,34-,36-,37+,38+,39+,40-,42+,43+,44-,46-,47+,51-/m1/s1. The van der Waals surface area contributed by atoms with E-state index in [-0.39, 0.29) is 61.2 Å². The van der Waals surface area contributed by atoms with Gasteiger partial charge < -0.3 is 43.9 Å². The van der Waals surface area contributed by atoms with Gasteiger partial charge in [0.15, 0.2) is 5.78 Å². The number of esters is 1. The topological polar surface area (TPSA) is 195 Å². The van der Waals surface area contributed by atoms with E-state index in [1.165, 1.54) is 12.0 Å². The van der Waals surface area contributed by atoms with Crippen LogP contribution >= 0.6 is 0 Å². The van der Waals surface area contributed by atoms with E-state index in [2.05, 4.69) is 0 Å². The quantitative estimate of drug-likeness (QED) is 0.161. The van der Waals surface area contributed by atoms with Crippen LogP contribution in [0.2, 0.25) is 0 Å². The summed E-state index contributed by atoms with van der Waals surface area (Å²) in [4.78, 5) is 71.7. The number of allylic oxidation sites excluding steroid dienone is 6. The number of Topliss-reactive ketones (excluding diaryl/α,β-unsaturated/α-hetero) is 3. The monoisotopic (exact) mass is 912 g/mol. The van der Waals surface area contributed by atoms with Crippen molar-refractivity contribution in [3.63, 3.8) is 0 Å². The second-order valence-electron chi connectivity index (χ2n) is 19.2. The molecule has 3 aliphatic heterocycles. The molecule has 4 rings (SSSR count). The molecule has 0 aromatic carbocycles. The normalized spacial score (nSPS) is 40.2. The van der Waals surface area contributed by atoms with Crippen molar-refractivity contribution in [2.75, 3.05) is 27.9 Å². The Balaban J connectivity index is 1.71. The minimum absolute atomic E-state index is 0.0117. The predicted octanol–water partition coefficient (Wildman–Crippen LogP) is 5.96. The van der Waals surface area contributed by atoms with Gasteiger partial charge in [-0.25, -0.2) is 4.79 Å². The first-order chi connectivity index (χ1) is 30.7. The van der Waals surface area contributed by atoms with Gasteiger partial charge in [0.25, 0.3) is 11.7 Å². The average molecular weight is 912 g/mol. The summed E-state index contributed by atoms with van der Waals surface area (Å²) in [6, 6.07) is -1.16. The molecule has 14 nitrogen and oxygen atoms in total. The van der Waals surface area contributed by atoms with Crippen molar-refractivity contribution in [3.8, 4) is 0 Å². The van der Waals surface area contributed by atoms with Crippen LogP contribution in [0.1, 0.15) is 113 Å². The van der Waals surface area contributed by atoms with Crippen LogP contribution < -0.4 is 0 Å². The molecule has 14 heteroatoms. The Bertz CT molecular complexity index is 1800. The largest absolute Gasteiger partial charge is 0.460 e. The number of aliphatic hydroxyl groups is 3. The molecule has 2 fully saturated rings. The second-order valence-corrected chi connectivity index (χ2v) is 19.2. The molecule has 65 heavy (non-hydrogen) atoms. The highest BCUT2D eigenvalue weighted by Crippen LogP contribution is 2.36. The highest BCUT2D eigenvalue weighted by molar-refractivity contribution is 6.39. The maximum Gasteiger partial charge on any atom is 0.329 e. The first-order valence-electron chi connectivity index (χ1n) is 23.6. The van der Waals surface area contributed by atoms with Crippen molar-refractivity contribution < 1.29 is 63.0 Å². The summed E-state index contributed by atoms with van der Waals surface area (Å²) < 4.78 is 29.2. The third-order valence-corrected chi connectivity index (χ3v) is 14.1. The van der Waals surface area contributed by atoms with Crippen molar-refractivity contribution in [1.82, 2.24) is 4.90 Å². The maximum atomic E-state index is 14.4. The Morgan fingerprint density at radius 2 is 1.57 bits per heavy atom. The first kappa shape index (κ1) is 54.0. The third kappa shape index (κ3) is 14.2. The molecule has 0 spiro atoms. The van der Waals surface area contributed by atoms with Crippen molar-refractivity contribution >= 4 is 29.2 Å². The van der Waals surface area contributed by atoms with E-state index in [0.717, 1.165) is 12.0 Å². The number of piperidine rings is 1. The van der Waals surface area contributed by atoms with Crippen LogP contribution in [0.3, 0.4) is 0 Å². The van der Waals surface area contributed by atoms with Gasteiger partial charge in [0.2, 0.25) is 5.79 Å². The molecule has 0 aromatic heterocycles. The summed E-state index contributed by atoms with van der Waals surface area (Å²) in [5, 5.41) is 33.8. The minimum Gasteiger partial charge on any atom is -0.460 e. The van der Waals surface area contributed by atoms with Crippen LogP contribution in [0.25, 0.3) is 0 Å². The van der Waals surface area contributed by atoms with E-state index in [9.17, 15) is 39.3 Å². The molecule has 364 valence electrons. The predicted molar refractivity (Wildman–Crippen MR) is 245 cm³/mol. The van der Waals surface area contributed by atoms with Crippen molar-refractivity contribution in [1.29, 1.82) is 0 Å². The molecule has 0 aromatic rings. The van der Waals surface area contributed by atoms with E-state index in [0.29, 0.717) is 44.1 Å². The number of ether oxygens (including phenoxy) is 5. The van der Waals surface area contributed by atoms with E-state index in [1.54, 1.807) is 53.2 Å². The molecule has 3 heterocycles. The molecule has 1 saturated carbocycles. The number of amides is 1. The van der Waals surface area contributed by atoms with Gasteiger partial charge in [-0.2, -0.15) is 0 Å². The average Bonchev–Trinajstić information content (AvgIpc) is 3.28. The number of aliphatic hydroxyl groups excluding tert-OH is 2. The van der Waals surface area contributed by atoms with E-state index >= 15 is 0 Å². The number of methoxy groups -OCH3 is 3. The third-order valence-electron chi connectivity index (χ3n) is 14.1. The van der Waals surface area contributed by atoms with Crippen molar-refractivity contribution in [2.45, 2.75) is 167 Å². The van der Waals surface area contributed by atoms with Gasteiger partial charge in [-0.3, -0.25) is 19.2 Å². The summed E-state index contributed by atoms with van der Waals surface area (Å²) in [6.07, 6.45) is 13.1. The Labute approximate surface area is 386 Å². The number of hydrogen-bond acceptors (Lipinski definition) is 13. The summed E-state index contributed by atoms with van der Waals surface area (Å²) in [5.41, 5.74) is 1.23. The van der Waals surface area contributed by atoms with Gasteiger partial charge in [-0.05, 0) is 94.1 Å². The molecular formula is C51H77NO13. The number of carbonyl (C=O) groups excluding carboxylic acids is 5. The van der Waals surface area contributed by atoms with Crippen LogP contribution in [-0.2, 0) is 47.7 Å². The van der Waals surface area contributed by atoms with Crippen LogP contribution in [0, 0.1) is 35.5 Å². The first-order valence-corrected chi connectivity index (χ1v) is 23.6. The molecule has 3 N–H and O–H groups in total. The van der Waals surface area contributed by atoms with E-state index in [1.807, 2.05) is 58.1 Å². The van der Waals surface area contributed by atoms with Crippen molar-refractivity contribution in [3.05, 3.63) is 59.8 Å². The molecule has 1 amide bonds. The van der Waals surface area contributed by atoms with Gasteiger partial charge in [0, 0.05) is 58.5 Å². The Hall–Kier alpha value is -3.63. The summed E-state index contributed by atoms with van der Waals surface area (Å²) >= 11 is 0. The highest BCUT2D eigenvalue weighted by Gasteiger charge is 2.52. The molecule has 15 atom stereocenters. The van der Waals surface area contributed by atoms with E-state index < -0.39 is 83.9 Å². The van der Waals surface area contributed by atoms with Gasteiger partial charge in [0.05, 0.1) is 24.4 Å². The summed E-state index contributed by atoms with van der Waals surface area (Å²) in [7, 11) is 4.49. The van der Waals surface area contributed by atoms with Crippen LogP contribution in [0.5, 0.6) is 0 Å². The van der Waals surface area contributed by atoms with Crippen molar-refractivity contribution in [2.24, 2.45) is 35.5 Å². The highest BCUT2D eigenvalue weighted by atomic mass is 16.6. The van der Waals surface area contributed by atoms with Crippen LogP contribution in [-0.4, -0.2) is 132 Å². The van der Waals surface area contributed by atoms with Crippen LogP contribution in [0.4, 0.5) is 0 Å². The molecular weight excluding hydrogens is 835 g/mol. The second kappa shape index (κ2) is 24.9. The van der Waals surface area contributed by atoms with E-state index in [4.69, 9.17) is 23.7 Å². The molecule has 0 radical (unpaired) electrons. The SMILES string of the molecule is CO[C@H]1C[C@@H]2C=C[C@@H](C)[C@@](O)(O2)C(=O)C(=O)N2CCCC[C@H]2C(=O)O[C@H]([C@H](C)C[C@@H]2CC[C@@H](O)[C@H](OC)C2)CC(=O)[C@H](C)/C=C(\C)[C@@H](O)[C@@H](OC)C(=O)[C@H](C)C[C@H](C)/C=C/C=C/C=C/1C. The van der Waals surface area contributed by atoms with Gasteiger partial charge in [-0.1, -0.05) is 83.2 Å². The molecule has 1 saturated heterocycles. The number of cyclic esters (lactones) is 1. The lowest BCUT2D eigenvalue weighted by atomic mass is 9.78. The number of nitrogens with zero attached hydrogens (tertiary/aromatic N) is 1. The molecule has 4 aliphatic rings. The number of rotatable bonds is 6. The lowest BCUT2D eigenvalue weighted by Gasteiger charge is -2.40. The number of ketones is 3. The smallest absolute Gasteiger partial charge is 0.329 e. The molecule has 1 aliphatic carbocycles. The van der Waals surface area contributed by atoms with Gasteiger partial charge in [0.1, 0.15) is 30.1 Å². The Kier molecular flexibility index (Phi) is 20.7. The molecule has 0 unspecified atom stereocenters. The number of carbonyl (C=O) groups is 5. The van der Waals surface area contributed by atoms with Gasteiger partial charge in [-0.15, -0.1) is 0 Å². The lowest BCUT2D eigenvalue weighted by Crippen LogP contribution is -2.60. The summed E-state index contributed by atoms with van der Waals surface area (Å²) in [6.45, 7) is 12.6. The fraction of sp³-hybridized carbons (Fsp3) is 0.706. The molecule has 2 bridgehead atoms. The Morgan fingerprint density at radius 1 is 0.846 bits per heavy atom. The maximum absolute atomic E-state index is 14.4. The van der Waals surface area contributed by atoms with Gasteiger partial charge >= 0.3 is 5.97 Å². The Morgan fingerprint density at radius 3 is 2.25 bits per heavy atom. The zero-order chi connectivity index (χ0) is 48.2. The lowest BCUT2D eigenvalue weighted by molar-refractivity contribution is -0.239. The summed E-state index contributed by atoms with van der Waals surface area (Å²) in [5.74, 6) is -8.37. The zero-order valence-electron chi connectivity index (χ0n) is 40.4. The minimum atomic E-state index is -2.51.